The SMILES string of the molecule is CNCCC1CCN(C(=O)c2ccc(C)cc2)C1. The van der Waals surface area contributed by atoms with Crippen LogP contribution in [0.1, 0.15) is 28.8 Å². The van der Waals surface area contributed by atoms with E-state index in [4.69, 9.17) is 0 Å². The molecule has 1 atom stereocenters. The zero-order valence-electron chi connectivity index (χ0n) is 11.3. The normalized spacial score (nSPS) is 19.2. The van der Waals surface area contributed by atoms with Crippen molar-refractivity contribution in [2.75, 3.05) is 26.7 Å². The lowest BCUT2D eigenvalue weighted by molar-refractivity contribution is 0.0786. The topological polar surface area (TPSA) is 32.3 Å². The molecule has 0 aromatic heterocycles. The van der Waals surface area contributed by atoms with Crippen LogP contribution in [0.3, 0.4) is 0 Å². The highest BCUT2D eigenvalue weighted by Crippen LogP contribution is 2.21. The molecule has 0 aliphatic carbocycles. The van der Waals surface area contributed by atoms with Crippen molar-refractivity contribution >= 4 is 5.91 Å². The van der Waals surface area contributed by atoms with Crippen LogP contribution in [0.5, 0.6) is 0 Å². The predicted molar refractivity (Wildman–Crippen MR) is 73.7 cm³/mol. The monoisotopic (exact) mass is 246 g/mol. The maximum Gasteiger partial charge on any atom is 0.253 e. The van der Waals surface area contributed by atoms with E-state index >= 15 is 0 Å². The molecule has 2 rings (SSSR count). The molecule has 1 saturated heterocycles. The molecule has 1 unspecified atom stereocenters. The first-order valence-corrected chi connectivity index (χ1v) is 6.71. The number of nitrogens with one attached hydrogen (secondary N) is 1. The molecule has 1 fully saturated rings. The van der Waals surface area contributed by atoms with Gasteiger partial charge in [-0.25, -0.2) is 0 Å². The maximum atomic E-state index is 12.3. The number of hydrogen-bond acceptors (Lipinski definition) is 2. The van der Waals surface area contributed by atoms with Gasteiger partial charge >= 0.3 is 0 Å². The zero-order chi connectivity index (χ0) is 13.0. The molecule has 0 radical (unpaired) electrons. The van der Waals surface area contributed by atoms with Crippen molar-refractivity contribution in [3.63, 3.8) is 0 Å². The highest BCUT2D eigenvalue weighted by atomic mass is 16.2. The van der Waals surface area contributed by atoms with Gasteiger partial charge in [0.25, 0.3) is 5.91 Å². The summed E-state index contributed by atoms with van der Waals surface area (Å²) in [5.74, 6) is 0.841. The van der Waals surface area contributed by atoms with Gasteiger partial charge in [-0.1, -0.05) is 17.7 Å². The second kappa shape index (κ2) is 6.01. The number of carbonyl (C=O) groups is 1. The Kier molecular flexibility index (Phi) is 4.37. The highest BCUT2D eigenvalue weighted by Gasteiger charge is 2.26. The number of likely N-dealkylation sites (tertiary alicyclic amines) is 1. The van der Waals surface area contributed by atoms with Crippen molar-refractivity contribution in [3.05, 3.63) is 35.4 Å². The van der Waals surface area contributed by atoms with Crippen LogP contribution < -0.4 is 5.32 Å². The van der Waals surface area contributed by atoms with Crippen molar-refractivity contribution in [2.45, 2.75) is 19.8 Å². The fourth-order valence-electron chi connectivity index (χ4n) is 2.48. The molecular weight excluding hydrogens is 224 g/mol. The van der Waals surface area contributed by atoms with E-state index in [-0.39, 0.29) is 5.91 Å². The number of rotatable bonds is 4. The first kappa shape index (κ1) is 13.1. The third-order valence-corrected chi connectivity index (χ3v) is 3.67. The number of benzene rings is 1. The Morgan fingerprint density at radius 3 is 2.78 bits per heavy atom. The third kappa shape index (κ3) is 3.10. The molecule has 3 nitrogen and oxygen atoms in total. The first-order valence-electron chi connectivity index (χ1n) is 6.71. The molecule has 0 saturated carbocycles. The molecule has 18 heavy (non-hydrogen) atoms. The second-order valence-corrected chi connectivity index (χ2v) is 5.16. The predicted octanol–water partition coefficient (Wildman–Crippen LogP) is 2.07. The minimum atomic E-state index is 0.182. The van der Waals surface area contributed by atoms with E-state index in [1.165, 1.54) is 5.56 Å². The fraction of sp³-hybridized carbons (Fsp3) is 0.533. The standard InChI is InChI=1S/C15H22N2O/c1-12-3-5-14(6-4-12)15(18)17-10-8-13(11-17)7-9-16-2/h3-6,13,16H,7-11H2,1-2H3. The van der Waals surface area contributed by atoms with Gasteiger partial charge in [0.15, 0.2) is 0 Å². The van der Waals surface area contributed by atoms with Gasteiger partial charge in [0.1, 0.15) is 0 Å². The Bertz CT molecular complexity index is 399. The van der Waals surface area contributed by atoms with Gasteiger partial charge in [0.05, 0.1) is 0 Å². The van der Waals surface area contributed by atoms with Crippen LogP contribution in [-0.2, 0) is 0 Å². The molecule has 0 bridgehead atoms. The number of aryl methyl sites for hydroxylation is 1. The van der Waals surface area contributed by atoms with Gasteiger partial charge in [0, 0.05) is 18.7 Å². The minimum absolute atomic E-state index is 0.182. The van der Waals surface area contributed by atoms with Crippen LogP contribution in [-0.4, -0.2) is 37.5 Å². The van der Waals surface area contributed by atoms with E-state index in [0.29, 0.717) is 5.92 Å². The molecule has 1 aliphatic rings. The fourth-order valence-corrected chi connectivity index (χ4v) is 2.48. The molecular formula is C15H22N2O. The molecule has 1 aromatic rings. The lowest BCUT2D eigenvalue weighted by atomic mass is 10.1. The Morgan fingerprint density at radius 2 is 2.11 bits per heavy atom. The second-order valence-electron chi connectivity index (χ2n) is 5.16. The van der Waals surface area contributed by atoms with Gasteiger partial charge in [-0.05, 0) is 51.4 Å². The molecule has 3 heteroatoms. The molecule has 1 aliphatic heterocycles. The molecule has 1 heterocycles. The summed E-state index contributed by atoms with van der Waals surface area (Å²) < 4.78 is 0. The molecule has 1 amide bonds. The van der Waals surface area contributed by atoms with Crippen molar-refractivity contribution in [3.8, 4) is 0 Å². The van der Waals surface area contributed by atoms with Crippen molar-refractivity contribution in [1.82, 2.24) is 10.2 Å². The van der Waals surface area contributed by atoms with Gasteiger partial charge in [0.2, 0.25) is 0 Å². The zero-order valence-corrected chi connectivity index (χ0v) is 11.3. The number of hydrogen-bond donors (Lipinski definition) is 1. The highest BCUT2D eigenvalue weighted by molar-refractivity contribution is 5.94. The van der Waals surface area contributed by atoms with Gasteiger partial charge in [-0.3, -0.25) is 4.79 Å². The lowest BCUT2D eigenvalue weighted by Gasteiger charge is -2.16. The van der Waals surface area contributed by atoms with Crippen molar-refractivity contribution in [1.29, 1.82) is 0 Å². The average molecular weight is 246 g/mol. The van der Waals surface area contributed by atoms with Crippen LogP contribution in [0.2, 0.25) is 0 Å². The van der Waals surface area contributed by atoms with Crippen LogP contribution in [0.4, 0.5) is 0 Å². The first-order chi connectivity index (χ1) is 8.70. The van der Waals surface area contributed by atoms with E-state index in [0.717, 1.165) is 38.0 Å². The molecule has 98 valence electrons. The molecule has 1 aromatic carbocycles. The van der Waals surface area contributed by atoms with Crippen LogP contribution in [0.15, 0.2) is 24.3 Å². The quantitative estimate of drug-likeness (QED) is 0.882. The van der Waals surface area contributed by atoms with Gasteiger partial charge in [-0.2, -0.15) is 0 Å². The summed E-state index contributed by atoms with van der Waals surface area (Å²) in [6, 6.07) is 7.86. The van der Waals surface area contributed by atoms with E-state index in [2.05, 4.69) is 5.32 Å². The van der Waals surface area contributed by atoms with Gasteiger partial charge in [-0.15, -0.1) is 0 Å². The van der Waals surface area contributed by atoms with E-state index < -0.39 is 0 Å². The minimum Gasteiger partial charge on any atom is -0.338 e. The smallest absolute Gasteiger partial charge is 0.253 e. The van der Waals surface area contributed by atoms with E-state index in [1.807, 2.05) is 43.1 Å². The maximum absolute atomic E-state index is 12.3. The Hall–Kier alpha value is -1.35. The lowest BCUT2D eigenvalue weighted by Crippen LogP contribution is -2.29. The summed E-state index contributed by atoms with van der Waals surface area (Å²) in [5, 5.41) is 3.17. The van der Waals surface area contributed by atoms with Crippen LogP contribution >= 0.6 is 0 Å². The largest absolute Gasteiger partial charge is 0.338 e. The van der Waals surface area contributed by atoms with Crippen molar-refractivity contribution < 1.29 is 4.79 Å². The average Bonchev–Trinajstić information content (AvgIpc) is 2.85. The summed E-state index contributed by atoms with van der Waals surface area (Å²) in [7, 11) is 1.98. The van der Waals surface area contributed by atoms with Crippen LogP contribution in [0.25, 0.3) is 0 Å². The summed E-state index contributed by atoms with van der Waals surface area (Å²) >= 11 is 0. The molecule has 1 N–H and O–H groups in total. The van der Waals surface area contributed by atoms with Gasteiger partial charge < -0.3 is 10.2 Å². The van der Waals surface area contributed by atoms with Crippen LogP contribution in [0, 0.1) is 12.8 Å². The third-order valence-electron chi connectivity index (χ3n) is 3.67. The summed E-state index contributed by atoms with van der Waals surface area (Å²) in [4.78, 5) is 14.3. The summed E-state index contributed by atoms with van der Waals surface area (Å²) in [6.45, 7) is 4.89. The van der Waals surface area contributed by atoms with E-state index in [9.17, 15) is 4.79 Å². The van der Waals surface area contributed by atoms with Crippen molar-refractivity contribution in [2.24, 2.45) is 5.92 Å². The Labute approximate surface area is 109 Å². The van der Waals surface area contributed by atoms with E-state index in [1.54, 1.807) is 0 Å². The number of amides is 1. The Morgan fingerprint density at radius 1 is 1.39 bits per heavy atom. The number of nitrogens with zero attached hydrogens (tertiary/aromatic N) is 1. The Balaban J connectivity index is 1.93. The summed E-state index contributed by atoms with van der Waals surface area (Å²) in [6.07, 6.45) is 2.30. The molecule has 0 spiro atoms. The summed E-state index contributed by atoms with van der Waals surface area (Å²) in [5.41, 5.74) is 2.01. The number of carbonyl (C=O) groups excluding carboxylic acids is 1.